The molecule has 1 aromatic heterocycles. The monoisotopic (exact) mass is 254 g/mol. The van der Waals surface area contributed by atoms with Crippen LogP contribution in [0.5, 0.6) is 0 Å². The molecule has 2 aromatic rings. The van der Waals surface area contributed by atoms with E-state index in [9.17, 15) is 0 Å². The molecule has 0 amide bonds. The van der Waals surface area contributed by atoms with Crippen molar-refractivity contribution in [1.82, 2.24) is 14.9 Å². The molecule has 0 saturated carbocycles. The molecule has 0 aliphatic carbocycles. The molecule has 0 bridgehead atoms. The number of nitriles is 1. The first-order chi connectivity index (χ1) is 9.26. The maximum atomic E-state index is 8.91. The summed E-state index contributed by atoms with van der Waals surface area (Å²) >= 11 is 0. The molecule has 0 saturated heterocycles. The highest BCUT2D eigenvalue weighted by molar-refractivity contribution is 5.76. The van der Waals surface area contributed by atoms with Crippen LogP contribution in [0.3, 0.4) is 0 Å². The molecule has 19 heavy (non-hydrogen) atoms. The predicted octanol–water partition coefficient (Wildman–Crippen LogP) is 2.27. The Hall–Kier alpha value is -2.12. The van der Waals surface area contributed by atoms with Gasteiger partial charge in [-0.05, 0) is 24.3 Å². The molecule has 0 fully saturated rings. The number of nitrogens with one attached hydrogen (secondary N) is 1. The van der Waals surface area contributed by atoms with Crippen LogP contribution in [-0.4, -0.2) is 22.6 Å². The highest BCUT2D eigenvalue weighted by Gasteiger charge is 2.10. The van der Waals surface area contributed by atoms with E-state index in [0.717, 1.165) is 35.5 Å². The van der Waals surface area contributed by atoms with Gasteiger partial charge in [0.05, 0.1) is 23.5 Å². The summed E-state index contributed by atoms with van der Waals surface area (Å²) in [7, 11) is 0. The van der Waals surface area contributed by atoms with Gasteiger partial charge in [-0.3, -0.25) is 0 Å². The molecule has 0 aliphatic rings. The van der Waals surface area contributed by atoms with Crippen LogP contribution in [0, 0.1) is 11.3 Å². The Bertz CT molecular complexity index is 619. The summed E-state index contributed by atoms with van der Waals surface area (Å²) in [6.45, 7) is 8.56. The Kier molecular flexibility index (Phi) is 4.32. The van der Waals surface area contributed by atoms with Crippen LogP contribution in [0.4, 0.5) is 0 Å². The average molecular weight is 254 g/mol. The highest BCUT2D eigenvalue weighted by Crippen LogP contribution is 2.17. The van der Waals surface area contributed by atoms with Crippen LogP contribution in [0.2, 0.25) is 0 Å². The summed E-state index contributed by atoms with van der Waals surface area (Å²) in [4.78, 5) is 4.51. The average Bonchev–Trinajstić information content (AvgIpc) is 2.75. The van der Waals surface area contributed by atoms with Crippen LogP contribution in [0.25, 0.3) is 11.0 Å². The molecule has 0 unspecified atom stereocenters. The molecule has 0 aliphatic heterocycles. The molecule has 1 heterocycles. The SMILES string of the molecule is C=C(CNCC)Cn1c(CC#N)nc2ccccc21. The fraction of sp³-hybridized carbons (Fsp3) is 0.333. The smallest absolute Gasteiger partial charge is 0.124 e. The lowest BCUT2D eigenvalue weighted by molar-refractivity contribution is 0.696. The number of hydrogen-bond donors (Lipinski definition) is 1. The van der Waals surface area contributed by atoms with E-state index in [1.165, 1.54) is 0 Å². The first kappa shape index (κ1) is 13.3. The van der Waals surface area contributed by atoms with Gasteiger partial charge in [0, 0.05) is 13.1 Å². The van der Waals surface area contributed by atoms with Gasteiger partial charge < -0.3 is 9.88 Å². The topological polar surface area (TPSA) is 53.6 Å². The van der Waals surface area contributed by atoms with Crippen molar-refractivity contribution in [3.63, 3.8) is 0 Å². The van der Waals surface area contributed by atoms with Crippen molar-refractivity contribution in [2.75, 3.05) is 13.1 Å². The van der Waals surface area contributed by atoms with Gasteiger partial charge in [-0.15, -0.1) is 0 Å². The van der Waals surface area contributed by atoms with Crippen LogP contribution in [-0.2, 0) is 13.0 Å². The first-order valence-electron chi connectivity index (χ1n) is 6.44. The van der Waals surface area contributed by atoms with Crippen molar-refractivity contribution in [3.8, 4) is 6.07 Å². The molecule has 1 aromatic carbocycles. The van der Waals surface area contributed by atoms with Crippen LogP contribution < -0.4 is 5.32 Å². The number of likely N-dealkylation sites (N-methyl/N-ethyl adjacent to an activating group) is 1. The Morgan fingerprint density at radius 3 is 3.00 bits per heavy atom. The number of rotatable bonds is 6. The second kappa shape index (κ2) is 6.17. The maximum absolute atomic E-state index is 8.91. The third-order valence-corrected chi connectivity index (χ3v) is 2.98. The van der Waals surface area contributed by atoms with Crippen molar-refractivity contribution in [1.29, 1.82) is 5.26 Å². The van der Waals surface area contributed by atoms with Gasteiger partial charge in [-0.1, -0.05) is 25.6 Å². The number of imidazole rings is 1. The standard InChI is InChI=1S/C15H18N4/c1-3-17-10-12(2)11-19-14-7-5-4-6-13(14)18-15(19)8-9-16/h4-7,17H,2-3,8,10-11H2,1H3. The zero-order chi connectivity index (χ0) is 13.7. The maximum Gasteiger partial charge on any atom is 0.124 e. The van der Waals surface area contributed by atoms with Crippen LogP contribution >= 0.6 is 0 Å². The van der Waals surface area contributed by atoms with Crippen LogP contribution in [0.15, 0.2) is 36.4 Å². The Balaban J connectivity index is 2.31. The van der Waals surface area contributed by atoms with Gasteiger partial charge in [0.2, 0.25) is 0 Å². The lowest BCUT2D eigenvalue weighted by atomic mass is 10.2. The van der Waals surface area contributed by atoms with E-state index in [1.807, 2.05) is 24.3 Å². The van der Waals surface area contributed by atoms with Crippen molar-refractivity contribution >= 4 is 11.0 Å². The molecular weight excluding hydrogens is 236 g/mol. The van der Waals surface area contributed by atoms with Crippen LogP contribution in [0.1, 0.15) is 12.7 Å². The molecular formula is C15H18N4. The number of benzene rings is 1. The van der Waals surface area contributed by atoms with E-state index < -0.39 is 0 Å². The summed E-state index contributed by atoms with van der Waals surface area (Å²) in [6.07, 6.45) is 0.323. The minimum atomic E-state index is 0.323. The summed E-state index contributed by atoms with van der Waals surface area (Å²) < 4.78 is 2.08. The van der Waals surface area contributed by atoms with Crippen molar-refractivity contribution in [2.24, 2.45) is 0 Å². The summed E-state index contributed by atoms with van der Waals surface area (Å²) in [6, 6.07) is 10.1. The number of para-hydroxylation sites is 2. The third kappa shape index (κ3) is 3.01. The zero-order valence-electron chi connectivity index (χ0n) is 11.2. The number of fused-ring (bicyclic) bond motifs is 1. The van der Waals surface area contributed by atoms with E-state index >= 15 is 0 Å². The minimum Gasteiger partial charge on any atom is -0.323 e. The highest BCUT2D eigenvalue weighted by atomic mass is 15.1. The molecule has 0 radical (unpaired) electrons. The summed E-state index contributed by atoms with van der Waals surface area (Å²) in [5.74, 6) is 0.807. The Morgan fingerprint density at radius 2 is 2.26 bits per heavy atom. The van der Waals surface area contributed by atoms with Gasteiger partial charge in [-0.2, -0.15) is 5.26 Å². The molecule has 0 atom stereocenters. The molecule has 4 nitrogen and oxygen atoms in total. The van der Waals surface area contributed by atoms with Crippen molar-refractivity contribution in [2.45, 2.75) is 19.9 Å². The largest absolute Gasteiger partial charge is 0.323 e. The number of hydrogen-bond acceptors (Lipinski definition) is 3. The Morgan fingerprint density at radius 1 is 1.47 bits per heavy atom. The third-order valence-electron chi connectivity index (χ3n) is 2.98. The lowest BCUT2D eigenvalue weighted by Crippen LogP contribution is -2.18. The summed E-state index contributed by atoms with van der Waals surface area (Å²) in [5.41, 5.74) is 3.08. The second-order valence-electron chi connectivity index (χ2n) is 4.47. The van der Waals surface area contributed by atoms with Gasteiger partial charge in [0.25, 0.3) is 0 Å². The van der Waals surface area contributed by atoms with Gasteiger partial charge in [0.15, 0.2) is 0 Å². The molecule has 1 N–H and O–H groups in total. The van der Waals surface area contributed by atoms with E-state index in [0.29, 0.717) is 13.0 Å². The molecule has 98 valence electrons. The van der Waals surface area contributed by atoms with Crippen molar-refractivity contribution in [3.05, 3.63) is 42.2 Å². The normalized spacial score (nSPS) is 10.5. The fourth-order valence-corrected chi connectivity index (χ4v) is 2.09. The van der Waals surface area contributed by atoms with Gasteiger partial charge in [-0.25, -0.2) is 4.98 Å². The van der Waals surface area contributed by atoms with E-state index in [-0.39, 0.29) is 0 Å². The van der Waals surface area contributed by atoms with Gasteiger partial charge >= 0.3 is 0 Å². The number of nitrogens with zero attached hydrogens (tertiary/aromatic N) is 3. The fourth-order valence-electron chi connectivity index (χ4n) is 2.09. The zero-order valence-corrected chi connectivity index (χ0v) is 11.2. The first-order valence-corrected chi connectivity index (χ1v) is 6.44. The predicted molar refractivity (Wildman–Crippen MR) is 76.7 cm³/mol. The molecule has 0 spiro atoms. The minimum absolute atomic E-state index is 0.323. The molecule has 2 rings (SSSR count). The van der Waals surface area contributed by atoms with Crippen molar-refractivity contribution < 1.29 is 0 Å². The molecule has 4 heteroatoms. The van der Waals surface area contributed by atoms with Gasteiger partial charge in [0.1, 0.15) is 5.82 Å². The lowest BCUT2D eigenvalue weighted by Gasteiger charge is -2.10. The number of aromatic nitrogens is 2. The van der Waals surface area contributed by atoms with E-state index in [1.54, 1.807) is 0 Å². The van der Waals surface area contributed by atoms with E-state index in [4.69, 9.17) is 5.26 Å². The summed E-state index contributed by atoms with van der Waals surface area (Å²) in [5, 5.41) is 12.2. The van der Waals surface area contributed by atoms with E-state index in [2.05, 4.69) is 34.4 Å². The quantitative estimate of drug-likeness (QED) is 0.804. The second-order valence-corrected chi connectivity index (χ2v) is 4.47. The Labute approximate surface area is 113 Å².